The van der Waals surface area contributed by atoms with E-state index >= 15 is 0 Å². The molecule has 1 N–H and O–H groups in total. The van der Waals surface area contributed by atoms with Crippen LogP contribution in [0.2, 0.25) is 0 Å². The molecule has 1 aromatic carbocycles. The van der Waals surface area contributed by atoms with Gasteiger partial charge in [-0.15, -0.1) is 0 Å². The van der Waals surface area contributed by atoms with Crippen LogP contribution in [0.25, 0.3) is 33.5 Å². The van der Waals surface area contributed by atoms with E-state index in [0.29, 0.717) is 23.6 Å². The van der Waals surface area contributed by atoms with Gasteiger partial charge in [0, 0.05) is 29.7 Å². The van der Waals surface area contributed by atoms with E-state index in [9.17, 15) is 14.7 Å². The van der Waals surface area contributed by atoms with Gasteiger partial charge < -0.3 is 9.84 Å². The number of carbonyl (C=O) groups excluding carboxylic acids is 1. The van der Waals surface area contributed by atoms with Crippen molar-refractivity contribution >= 4 is 23.3 Å². The van der Waals surface area contributed by atoms with E-state index in [1.54, 1.807) is 30.5 Å². The summed E-state index contributed by atoms with van der Waals surface area (Å²) < 4.78 is 10.9. The van der Waals surface area contributed by atoms with Crippen molar-refractivity contribution in [2.75, 3.05) is 0 Å². The average molecular weight is 430 g/mol. The van der Waals surface area contributed by atoms with E-state index in [1.807, 2.05) is 60.1 Å². The first kappa shape index (κ1) is 21.1. The molecule has 160 valence electrons. The number of pyridine rings is 3. The number of hydrogen-bond acceptors (Lipinski definition) is 3. The molecule has 0 bridgehead atoms. The summed E-state index contributed by atoms with van der Waals surface area (Å²) in [6.45, 7) is 2.40. The highest BCUT2D eigenvalue weighted by atomic mass is 16.5. The normalized spacial score (nSPS) is 10.9. The number of rotatable bonds is 5. The van der Waals surface area contributed by atoms with Gasteiger partial charge in [0.25, 0.3) is 17.9 Å². The zero-order valence-corrected chi connectivity index (χ0v) is 18.4. The number of aromatic nitrogens is 3. The number of ether oxygens (including phenoxy) is 1. The maximum Gasteiger partial charge on any atom is 0.336 e. The molecule has 0 amide bonds. The molecule has 0 saturated heterocycles. The van der Waals surface area contributed by atoms with E-state index in [1.165, 1.54) is 0 Å². The first-order valence-electron chi connectivity index (χ1n) is 10.1. The molecular formula is C25H24N3O4+3. The Balaban J connectivity index is 2.08. The molecule has 0 saturated carbocycles. The molecule has 0 radical (unpaired) electrons. The van der Waals surface area contributed by atoms with Gasteiger partial charge in [0.2, 0.25) is 11.2 Å². The first-order chi connectivity index (χ1) is 15.3. The molecule has 32 heavy (non-hydrogen) atoms. The van der Waals surface area contributed by atoms with E-state index < -0.39 is 5.97 Å². The number of fused-ring (bicyclic) bond motifs is 1. The Morgan fingerprint density at radius 3 is 2.41 bits per heavy atom. The summed E-state index contributed by atoms with van der Waals surface area (Å²) in [5.74, 6) is -0.639. The number of aromatic carboxylic acids is 1. The minimum atomic E-state index is -1.02. The molecule has 7 heteroatoms. The molecule has 3 heterocycles. The lowest BCUT2D eigenvalue weighted by Gasteiger charge is -2.09. The van der Waals surface area contributed by atoms with Gasteiger partial charge in [-0.2, -0.15) is 9.13 Å². The monoisotopic (exact) mass is 430 g/mol. The summed E-state index contributed by atoms with van der Waals surface area (Å²) >= 11 is 0. The van der Waals surface area contributed by atoms with Crippen LogP contribution in [0, 0.1) is 6.92 Å². The van der Waals surface area contributed by atoms with Gasteiger partial charge in [0.15, 0.2) is 12.4 Å². The van der Waals surface area contributed by atoms with E-state index in [4.69, 9.17) is 4.74 Å². The smallest absolute Gasteiger partial charge is 0.336 e. The fourth-order valence-electron chi connectivity index (χ4n) is 4.09. The number of carboxylic acids is 1. The Labute approximate surface area is 185 Å². The molecule has 0 fully saturated rings. The Bertz CT molecular complexity index is 1400. The minimum Gasteiger partial charge on any atom is -0.478 e. The number of carboxylic acid groups (broad SMARTS) is 1. The van der Waals surface area contributed by atoms with Crippen molar-refractivity contribution in [2.45, 2.75) is 6.92 Å². The second-order valence-corrected chi connectivity index (χ2v) is 7.82. The molecule has 0 unspecified atom stereocenters. The van der Waals surface area contributed by atoms with Crippen molar-refractivity contribution in [3.63, 3.8) is 0 Å². The standard InChI is InChI=1S/C25H23N3O4/c1-16-10-17-6-5-8-27(3)24(17)20(11-16)21-12-18(25(30)31)13-23(28(21)4)22-14-19(32-15-29)7-9-26(22)2/h5-15H,1-4H3/q+2/p+1. The number of hydrogen-bond donors (Lipinski definition) is 1. The van der Waals surface area contributed by atoms with Crippen LogP contribution in [0.4, 0.5) is 0 Å². The SMILES string of the molecule is Cc1cc(-c2cc(C(=O)O)cc(-c3cc(OC=O)cc[n+]3C)[n+]2C)c2c(ccc[n+]2C)c1. The summed E-state index contributed by atoms with van der Waals surface area (Å²) in [7, 11) is 5.74. The average Bonchev–Trinajstić information content (AvgIpc) is 2.75. The van der Waals surface area contributed by atoms with Crippen LogP contribution < -0.4 is 18.4 Å². The van der Waals surface area contributed by atoms with Gasteiger partial charge in [0.1, 0.15) is 32.5 Å². The highest BCUT2D eigenvalue weighted by molar-refractivity contribution is 5.93. The van der Waals surface area contributed by atoms with Crippen molar-refractivity contribution in [2.24, 2.45) is 21.1 Å². The van der Waals surface area contributed by atoms with Gasteiger partial charge in [-0.25, -0.2) is 9.36 Å². The van der Waals surface area contributed by atoms with Crippen LogP contribution >= 0.6 is 0 Å². The quantitative estimate of drug-likeness (QED) is 0.389. The lowest BCUT2D eigenvalue weighted by molar-refractivity contribution is -0.685. The Hall–Kier alpha value is -4.13. The van der Waals surface area contributed by atoms with Gasteiger partial charge in [-0.05, 0) is 30.7 Å². The highest BCUT2D eigenvalue weighted by Crippen LogP contribution is 2.28. The fourth-order valence-corrected chi connectivity index (χ4v) is 4.09. The lowest BCUT2D eigenvalue weighted by atomic mass is 10.00. The molecular weight excluding hydrogens is 406 g/mol. The van der Waals surface area contributed by atoms with Crippen molar-refractivity contribution in [1.82, 2.24) is 0 Å². The number of aryl methyl sites for hydroxylation is 3. The van der Waals surface area contributed by atoms with Crippen LogP contribution in [0.3, 0.4) is 0 Å². The third kappa shape index (κ3) is 3.69. The number of nitrogens with zero attached hydrogens (tertiary/aromatic N) is 3. The molecule has 0 aliphatic carbocycles. The van der Waals surface area contributed by atoms with E-state index in [-0.39, 0.29) is 5.56 Å². The van der Waals surface area contributed by atoms with Gasteiger partial charge >= 0.3 is 5.97 Å². The summed E-state index contributed by atoms with van der Waals surface area (Å²) in [6.07, 6.45) is 3.74. The van der Waals surface area contributed by atoms with Gasteiger partial charge in [0.05, 0.1) is 11.6 Å². The van der Waals surface area contributed by atoms with Crippen molar-refractivity contribution in [1.29, 1.82) is 0 Å². The zero-order valence-electron chi connectivity index (χ0n) is 18.4. The second-order valence-electron chi connectivity index (χ2n) is 7.82. The van der Waals surface area contributed by atoms with E-state index in [2.05, 4.69) is 12.1 Å². The summed E-state index contributed by atoms with van der Waals surface area (Å²) in [4.78, 5) is 22.9. The highest BCUT2D eigenvalue weighted by Gasteiger charge is 2.29. The molecule has 0 atom stereocenters. The maximum absolute atomic E-state index is 12.0. The molecule has 0 spiro atoms. The summed E-state index contributed by atoms with van der Waals surface area (Å²) in [5, 5.41) is 10.9. The van der Waals surface area contributed by atoms with E-state index in [0.717, 1.165) is 27.7 Å². The Morgan fingerprint density at radius 2 is 1.69 bits per heavy atom. The third-order valence-electron chi connectivity index (χ3n) is 5.62. The van der Waals surface area contributed by atoms with Gasteiger partial charge in [-0.3, -0.25) is 4.79 Å². The van der Waals surface area contributed by atoms with Crippen LogP contribution in [0.1, 0.15) is 15.9 Å². The van der Waals surface area contributed by atoms with Crippen LogP contribution in [0.15, 0.2) is 60.9 Å². The predicted octanol–water partition coefficient (Wildman–Crippen LogP) is 2.19. The second kappa shape index (κ2) is 8.19. The minimum absolute atomic E-state index is 0.169. The van der Waals surface area contributed by atoms with Crippen LogP contribution in [0.5, 0.6) is 5.75 Å². The molecule has 0 aliphatic rings. The molecule has 4 rings (SSSR count). The summed E-state index contributed by atoms with van der Waals surface area (Å²) in [6, 6.07) is 14.9. The topological polar surface area (TPSA) is 75.2 Å². The lowest BCUT2D eigenvalue weighted by Crippen LogP contribution is -2.41. The summed E-state index contributed by atoms with van der Waals surface area (Å²) in [5.41, 5.74) is 5.32. The Morgan fingerprint density at radius 1 is 0.938 bits per heavy atom. The van der Waals surface area contributed by atoms with Gasteiger partial charge in [-0.1, -0.05) is 0 Å². The molecule has 7 nitrogen and oxygen atoms in total. The van der Waals surface area contributed by atoms with Crippen molar-refractivity contribution in [3.05, 3.63) is 72.1 Å². The van der Waals surface area contributed by atoms with Crippen LogP contribution in [-0.2, 0) is 25.9 Å². The Kier molecular flexibility index (Phi) is 5.40. The maximum atomic E-state index is 12.0. The zero-order chi connectivity index (χ0) is 23.0. The van der Waals surface area contributed by atoms with Crippen molar-refractivity contribution in [3.8, 4) is 28.4 Å². The van der Waals surface area contributed by atoms with Crippen LogP contribution in [-0.4, -0.2) is 17.5 Å². The number of carbonyl (C=O) groups is 2. The number of benzene rings is 1. The fraction of sp³-hybridized carbons (Fsp3) is 0.160. The molecule has 3 aromatic heterocycles. The van der Waals surface area contributed by atoms with Crippen molar-refractivity contribution < 1.29 is 33.1 Å². The third-order valence-corrected chi connectivity index (χ3v) is 5.62. The largest absolute Gasteiger partial charge is 0.478 e. The molecule has 0 aliphatic heterocycles. The molecule has 4 aromatic rings. The first-order valence-corrected chi connectivity index (χ1v) is 10.1. The predicted molar refractivity (Wildman–Crippen MR) is 117 cm³/mol.